The molecule has 1 unspecified atom stereocenters. The van der Waals surface area contributed by atoms with Crippen LogP contribution in [0.15, 0.2) is 29.6 Å². The van der Waals surface area contributed by atoms with Crippen LogP contribution < -0.4 is 9.47 Å². The molecule has 0 fully saturated rings. The number of nitrogens with zero attached hydrogens (tertiary/aromatic N) is 2. The molecule has 1 aromatic carbocycles. The van der Waals surface area contributed by atoms with E-state index < -0.39 is 0 Å². The van der Waals surface area contributed by atoms with Crippen molar-refractivity contribution < 1.29 is 9.47 Å². The van der Waals surface area contributed by atoms with Crippen LogP contribution >= 0.6 is 11.3 Å². The van der Waals surface area contributed by atoms with Crippen LogP contribution in [-0.2, 0) is 6.42 Å². The van der Waals surface area contributed by atoms with E-state index in [4.69, 9.17) is 14.7 Å². The number of unbranched alkanes of at least 4 members (excludes halogenated alkanes) is 1. The topological polar surface area (TPSA) is 45.5 Å². The monoisotopic (exact) mass is 342 g/mol. The van der Waals surface area contributed by atoms with E-state index >= 15 is 0 Å². The lowest BCUT2D eigenvalue weighted by Gasteiger charge is -2.37. The van der Waals surface area contributed by atoms with E-state index in [0.29, 0.717) is 6.42 Å². The van der Waals surface area contributed by atoms with Crippen molar-refractivity contribution in [1.82, 2.24) is 4.90 Å². The Bertz CT molecular complexity index is 722. The zero-order valence-electron chi connectivity index (χ0n) is 14.1. The van der Waals surface area contributed by atoms with E-state index in [1.165, 1.54) is 16.0 Å². The lowest BCUT2D eigenvalue weighted by Crippen LogP contribution is -2.36. The fourth-order valence-electron chi connectivity index (χ4n) is 3.38. The second kappa shape index (κ2) is 7.69. The van der Waals surface area contributed by atoms with E-state index in [-0.39, 0.29) is 6.04 Å². The molecule has 1 atom stereocenters. The number of hydrogen-bond donors (Lipinski definition) is 0. The standard InChI is InChI=1S/C19H22N2O2S/c1-22-16-12-14-7-10-21(9-4-3-8-20)19(18-6-5-11-24-18)15(14)13-17(16)23-2/h5-6,11-13,19H,3-4,7,9-10H2,1-2H3. The molecular weight excluding hydrogens is 320 g/mol. The molecule has 2 heterocycles. The summed E-state index contributed by atoms with van der Waals surface area (Å²) in [5.41, 5.74) is 2.61. The largest absolute Gasteiger partial charge is 0.493 e. The molecule has 0 radical (unpaired) electrons. The molecule has 24 heavy (non-hydrogen) atoms. The van der Waals surface area contributed by atoms with Crippen LogP contribution in [0.4, 0.5) is 0 Å². The Morgan fingerprint density at radius 2 is 2.08 bits per heavy atom. The fraction of sp³-hybridized carbons (Fsp3) is 0.421. The van der Waals surface area contributed by atoms with Crippen LogP contribution in [0, 0.1) is 11.3 Å². The van der Waals surface area contributed by atoms with Crippen molar-refractivity contribution in [2.45, 2.75) is 25.3 Å². The minimum absolute atomic E-state index is 0.229. The first-order valence-corrected chi connectivity index (χ1v) is 9.05. The van der Waals surface area contributed by atoms with Crippen molar-refractivity contribution in [3.8, 4) is 17.6 Å². The Morgan fingerprint density at radius 3 is 2.75 bits per heavy atom. The Balaban J connectivity index is 2.00. The van der Waals surface area contributed by atoms with Gasteiger partial charge in [0.2, 0.25) is 0 Å². The number of thiophene rings is 1. The van der Waals surface area contributed by atoms with Gasteiger partial charge in [-0.3, -0.25) is 4.90 Å². The smallest absolute Gasteiger partial charge is 0.161 e. The normalized spacial score (nSPS) is 17.1. The molecule has 0 aliphatic carbocycles. The Hall–Kier alpha value is -2.03. The van der Waals surface area contributed by atoms with Gasteiger partial charge in [-0.2, -0.15) is 5.26 Å². The second-order valence-electron chi connectivity index (χ2n) is 5.87. The first-order chi connectivity index (χ1) is 11.8. The molecule has 0 amide bonds. The van der Waals surface area contributed by atoms with Gasteiger partial charge in [0.15, 0.2) is 11.5 Å². The van der Waals surface area contributed by atoms with Crippen molar-refractivity contribution in [2.75, 3.05) is 27.3 Å². The summed E-state index contributed by atoms with van der Waals surface area (Å²) in [4.78, 5) is 3.82. The van der Waals surface area contributed by atoms with Crippen LogP contribution in [0.3, 0.4) is 0 Å². The van der Waals surface area contributed by atoms with Gasteiger partial charge in [-0.15, -0.1) is 11.3 Å². The van der Waals surface area contributed by atoms with Crippen LogP contribution in [0.25, 0.3) is 0 Å². The molecule has 4 nitrogen and oxygen atoms in total. The SMILES string of the molecule is COc1cc2c(cc1OC)C(c1cccs1)N(CCCC#N)CC2. The van der Waals surface area contributed by atoms with Crippen molar-refractivity contribution in [2.24, 2.45) is 0 Å². The number of hydrogen-bond acceptors (Lipinski definition) is 5. The highest BCUT2D eigenvalue weighted by molar-refractivity contribution is 7.10. The number of ether oxygens (including phenoxy) is 2. The molecule has 2 aromatic rings. The third-order valence-corrected chi connectivity index (χ3v) is 5.44. The average Bonchev–Trinajstić information content (AvgIpc) is 3.14. The van der Waals surface area contributed by atoms with Gasteiger partial charge in [-0.1, -0.05) is 6.07 Å². The zero-order valence-corrected chi connectivity index (χ0v) is 14.9. The van der Waals surface area contributed by atoms with Crippen LogP contribution in [0.5, 0.6) is 11.5 Å². The summed E-state index contributed by atoms with van der Waals surface area (Å²) in [7, 11) is 3.36. The summed E-state index contributed by atoms with van der Waals surface area (Å²) in [6.07, 6.45) is 2.50. The van der Waals surface area contributed by atoms with E-state index in [1.54, 1.807) is 25.6 Å². The first kappa shape index (κ1) is 16.8. The van der Waals surface area contributed by atoms with Crippen molar-refractivity contribution in [1.29, 1.82) is 5.26 Å². The molecule has 0 spiro atoms. The van der Waals surface area contributed by atoms with E-state index in [0.717, 1.165) is 37.4 Å². The van der Waals surface area contributed by atoms with Gasteiger partial charge in [-0.25, -0.2) is 0 Å². The number of rotatable bonds is 6. The molecule has 126 valence electrons. The van der Waals surface area contributed by atoms with E-state index in [1.807, 2.05) is 0 Å². The highest BCUT2D eigenvalue weighted by atomic mass is 32.1. The van der Waals surface area contributed by atoms with Gasteiger partial charge in [0, 0.05) is 24.4 Å². The Labute approximate surface area is 147 Å². The predicted molar refractivity (Wildman–Crippen MR) is 95.8 cm³/mol. The Kier molecular flexibility index (Phi) is 5.39. The second-order valence-corrected chi connectivity index (χ2v) is 6.85. The van der Waals surface area contributed by atoms with Gasteiger partial charge >= 0.3 is 0 Å². The summed E-state index contributed by atoms with van der Waals surface area (Å²) >= 11 is 1.78. The van der Waals surface area contributed by atoms with Crippen molar-refractivity contribution >= 4 is 11.3 Å². The maximum absolute atomic E-state index is 8.83. The minimum atomic E-state index is 0.229. The number of benzene rings is 1. The van der Waals surface area contributed by atoms with E-state index in [9.17, 15) is 0 Å². The molecule has 0 bridgehead atoms. The molecule has 1 aliphatic rings. The number of fused-ring (bicyclic) bond motifs is 1. The number of nitriles is 1. The number of methoxy groups -OCH3 is 2. The van der Waals surface area contributed by atoms with Gasteiger partial charge in [-0.05, 0) is 47.5 Å². The molecule has 3 rings (SSSR count). The lowest BCUT2D eigenvalue weighted by atomic mass is 9.90. The average molecular weight is 342 g/mol. The molecule has 0 saturated heterocycles. The third kappa shape index (κ3) is 3.26. The van der Waals surface area contributed by atoms with Crippen molar-refractivity contribution in [3.63, 3.8) is 0 Å². The molecule has 1 aromatic heterocycles. The van der Waals surface area contributed by atoms with Gasteiger partial charge in [0.05, 0.1) is 26.3 Å². The maximum Gasteiger partial charge on any atom is 0.161 e. The highest BCUT2D eigenvalue weighted by Crippen LogP contribution is 2.42. The molecule has 0 N–H and O–H groups in total. The molecular formula is C19H22N2O2S. The fourth-order valence-corrected chi connectivity index (χ4v) is 4.26. The van der Waals surface area contributed by atoms with E-state index in [2.05, 4.69) is 40.6 Å². The van der Waals surface area contributed by atoms with Crippen molar-refractivity contribution in [3.05, 3.63) is 45.6 Å². The summed E-state index contributed by atoms with van der Waals surface area (Å²) in [5, 5.41) is 11.0. The maximum atomic E-state index is 8.83. The lowest BCUT2D eigenvalue weighted by molar-refractivity contribution is 0.213. The van der Waals surface area contributed by atoms with Crippen LogP contribution in [0.2, 0.25) is 0 Å². The summed E-state index contributed by atoms with van der Waals surface area (Å²) in [6.45, 7) is 1.93. The first-order valence-electron chi connectivity index (χ1n) is 8.17. The quantitative estimate of drug-likeness (QED) is 0.744. The summed E-state index contributed by atoms with van der Waals surface area (Å²) in [5.74, 6) is 1.57. The van der Waals surface area contributed by atoms with Crippen LogP contribution in [-0.4, -0.2) is 32.2 Å². The van der Waals surface area contributed by atoms with Gasteiger partial charge < -0.3 is 9.47 Å². The highest BCUT2D eigenvalue weighted by Gasteiger charge is 2.30. The summed E-state index contributed by atoms with van der Waals surface area (Å²) < 4.78 is 11.0. The van der Waals surface area contributed by atoms with Gasteiger partial charge in [0.25, 0.3) is 0 Å². The van der Waals surface area contributed by atoms with Gasteiger partial charge in [0.1, 0.15) is 0 Å². The Morgan fingerprint density at radius 1 is 1.29 bits per heavy atom. The zero-order chi connectivity index (χ0) is 16.9. The summed E-state index contributed by atoms with van der Waals surface area (Å²) in [6, 6.07) is 11.0. The van der Waals surface area contributed by atoms with Crippen LogP contribution in [0.1, 0.15) is 34.9 Å². The predicted octanol–water partition coefficient (Wildman–Crippen LogP) is 4.02. The molecule has 0 saturated carbocycles. The molecule has 5 heteroatoms. The molecule has 1 aliphatic heterocycles. The third-order valence-electron chi connectivity index (χ3n) is 4.52. The minimum Gasteiger partial charge on any atom is -0.493 e.